The smallest absolute Gasteiger partial charge is 0.338 e. The third-order valence-electron chi connectivity index (χ3n) is 5.70. The summed E-state index contributed by atoms with van der Waals surface area (Å²) >= 11 is 1.35. The molecule has 0 bridgehead atoms. The summed E-state index contributed by atoms with van der Waals surface area (Å²) < 4.78 is 5.07. The number of carbonyl (C=O) groups is 2. The second kappa shape index (κ2) is 10.6. The van der Waals surface area contributed by atoms with Gasteiger partial charge in [-0.15, -0.1) is 0 Å². The molecular formula is C25H24N4O5S. The molecule has 0 fully saturated rings. The second-order valence-electron chi connectivity index (χ2n) is 7.89. The average Bonchev–Trinajstić information content (AvgIpc) is 3.28. The first-order valence-corrected chi connectivity index (χ1v) is 11.9. The zero-order valence-corrected chi connectivity index (χ0v) is 20.1. The van der Waals surface area contributed by atoms with Crippen molar-refractivity contribution in [1.82, 2.24) is 10.2 Å². The van der Waals surface area contributed by atoms with Gasteiger partial charge in [-0.3, -0.25) is 14.9 Å². The van der Waals surface area contributed by atoms with Gasteiger partial charge >= 0.3 is 5.97 Å². The SMILES string of the molecule is CCC1=C(C(=O)OC)C(c2cccc([N+](=O)[O-])c2)N2C(CC(=O)NCc3ccccc3)=CSC2=N1. The number of aliphatic imine (C=N–C) groups is 1. The highest BCUT2D eigenvalue weighted by atomic mass is 32.2. The van der Waals surface area contributed by atoms with Crippen LogP contribution in [0.2, 0.25) is 0 Å². The van der Waals surface area contributed by atoms with Crippen LogP contribution in [0, 0.1) is 10.1 Å². The van der Waals surface area contributed by atoms with Crippen molar-refractivity contribution in [3.63, 3.8) is 0 Å². The number of fused-ring (bicyclic) bond motifs is 1. The Morgan fingerprint density at radius 1 is 1.20 bits per heavy atom. The Morgan fingerprint density at radius 3 is 2.66 bits per heavy atom. The van der Waals surface area contributed by atoms with E-state index in [1.807, 2.05) is 42.7 Å². The maximum absolute atomic E-state index is 12.9. The number of carbonyl (C=O) groups excluding carboxylic acids is 2. The van der Waals surface area contributed by atoms with Crippen molar-refractivity contribution in [3.05, 3.63) is 98.2 Å². The summed E-state index contributed by atoms with van der Waals surface area (Å²) in [6.45, 7) is 2.27. The van der Waals surface area contributed by atoms with Gasteiger partial charge in [0.05, 0.1) is 35.8 Å². The van der Waals surface area contributed by atoms with Gasteiger partial charge < -0.3 is 15.0 Å². The monoisotopic (exact) mass is 492 g/mol. The van der Waals surface area contributed by atoms with Crippen LogP contribution in [0.5, 0.6) is 0 Å². The van der Waals surface area contributed by atoms with Crippen molar-refractivity contribution >= 4 is 34.5 Å². The lowest BCUT2D eigenvalue weighted by atomic mass is 9.92. The third-order valence-corrected chi connectivity index (χ3v) is 6.59. The van der Waals surface area contributed by atoms with Gasteiger partial charge in [0, 0.05) is 24.4 Å². The molecule has 10 heteroatoms. The van der Waals surface area contributed by atoms with E-state index in [2.05, 4.69) is 10.3 Å². The van der Waals surface area contributed by atoms with E-state index in [1.54, 1.807) is 17.0 Å². The minimum Gasteiger partial charge on any atom is -0.466 e. The largest absolute Gasteiger partial charge is 0.466 e. The predicted molar refractivity (Wildman–Crippen MR) is 133 cm³/mol. The number of nitrogens with zero attached hydrogens (tertiary/aromatic N) is 3. The Labute approximate surface area is 206 Å². The van der Waals surface area contributed by atoms with Crippen LogP contribution in [-0.2, 0) is 20.9 Å². The molecule has 4 rings (SSSR count). The summed E-state index contributed by atoms with van der Waals surface area (Å²) in [5.41, 5.74) is 2.93. The van der Waals surface area contributed by atoms with Crippen LogP contribution in [0.4, 0.5) is 5.69 Å². The normalized spacial score (nSPS) is 16.9. The van der Waals surface area contributed by atoms with Crippen molar-refractivity contribution in [2.45, 2.75) is 32.4 Å². The number of allylic oxidation sites excluding steroid dienone is 1. The van der Waals surface area contributed by atoms with E-state index < -0.39 is 16.9 Å². The number of hydrogen-bond acceptors (Lipinski definition) is 8. The number of esters is 1. The zero-order valence-electron chi connectivity index (χ0n) is 19.3. The van der Waals surface area contributed by atoms with Crippen molar-refractivity contribution in [2.75, 3.05) is 7.11 Å². The number of ether oxygens (including phenoxy) is 1. The molecule has 0 saturated carbocycles. The molecule has 1 N–H and O–H groups in total. The molecule has 180 valence electrons. The van der Waals surface area contributed by atoms with E-state index >= 15 is 0 Å². The molecule has 2 heterocycles. The van der Waals surface area contributed by atoms with Gasteiger partial charge in [0.15, 0.2) is 5.17 Å². The number of amides is 1. The number of methoxy groups -OCH3 is 1. The molecule has 2 aromatic rings. The number of rotatable bonds is 8. The molecule has 0 saturated heterocycles. The standard InChI is InChI=1S/C25H24N4O5S/c1-3-20-22(24(31)34-2)23(17-10-7-11-18(12-17)29(32)33)28-19(15-35-25(28)27-20)13-21(30)26-14-16-8-5-4-6-9-16/h4-12,15,23H,3,13-14H2,1-2H3,(H,26,30). The maximum atomic E-state index is 12.9. The first kappa shape index (κ1) is 24.2. The van der Waals surface area contributed by atoms with Crippen LogP contribution < -0.4 is 5.32 Å². The van der Waals surface area contributed by atoms with Gasteiger partial charge in [0.1, 0.15) is 0 Å². The fraction of sp³-hybridized carbons (Fsp3) is 0.240. The number of thioether (sulfide) groups is 1. The molecule has 0 spiro atoms. The van der Waals surface area contributed by atoms with Crippen molar-refractivity contribution < 1.29 is 19.2 Å². The number of nitro groups is 1. The number of non-ortho nitro benzene ring substituents is 1. The number of nitro benzene ring substituents is 1. The van der Waals surface area contributed by atoms with E-state index in [4.69, 9.17) is 4.74 Å². The highest BCUT2D eigenvalue weighted by Crippen LogP contribution is 2.45. The molecule has 9 nitrogen and oxygen atoms in total. The van der Waals surface area contributed by atoms with E-state index in [1.165, 1.54) is 31.0 Å². The summed E-state index contributed by atoms with van der Waals surface area (Å²) in [5, 5.41) is 16.8. The Balaban J connectivity index is 1.67. The van der Waals surface area contributed by atoms with Gasteiger partial charge in [-0.1, -0.05) is 61.2 Å². The predicted octanol–water partition coefficient (Wildman–Crippen LogP) is 4.44. The van der Waals surface area contributed by atoms with E-state index in [9.17, 15) is 19.7 Å². The molecule has 0 aromatic heterocycles. The highest BCUT2D eigenvalue weighted by molar-refractivity contribution is 8.16. The first-order chi connectivity index (χ1) is 16.9. The molecule has 0 radical (unpaired) electrons. The number of hydrogen-bond donors (Lipinski definition) is 1. The molecule has 1 unspecified atom stereocenters. The number of benzene rings is 2. The fourth-order valence-electron chi connectivity index (χ4n) is 4.06. The van der Waals surface area contributed by atoms with Gasteiger partial charge in [-0.2, -0.15) is 0 Å². The molecular weight excluding hydrogens is 468 g/mol. The Morgan fingerprint density at radius 2 is 1.97 bits per heavy atom. The molecule has 2 aromatic carbocycles. The van der Waals surface area contributed by atoms with Crippen molar-refractivity contribution in [1.29, 1.82) is 0 Å². The third kappa shape index (κ3) is 5.12. The number of amidine groups is 1. The molecule has 2 aliphatic rings. The Hall–Kier alpha value is -3.92. The lowest BCUT2D eigenvalue weighted by Crippen LogP contribution is -2.38. The molecule has 0 aliphatic carbocycles. The maximum Gasteiger partial charge on any atom is 0.338 e. The van der Waals surface area contributed by atoms with Crippen LogP contribution in [0.3, 0.4) is 0 Å². The van der Waals surface area contributed by atoms with Gasteiger partial charge in [-0.25, -0.2) is 9.79 Å². The molecule has 2 aliphatic heterocycles. The molecule has 1 atom stereocenters. The second-order valence-corrected chi connectivity index (χ2v) is 8.73. The summed E-state index contributed by atoms with van der Waals surface area (Å²) in [6, 6.07) is 15.0. The van der Waals surface area contributed by atoms with E-state index in [0.29, 0.717) is 40.7 Å². The van der Waals surface area contributed by atoms with Crippen LogP contribution in [0.15, 0.2) is 82.0 Å². The summed E-state index contributed by atoms with van der Waals surface area (Å²) in [5.74, 6) is -0.754. The summed E-state index contributed by atoms with van der Waals surface area (Å²) in [7, 11) is 1.29. The van der Waals surface area contributed by atoms with Gasteiger partial charge in [-0.05, 0) is 23.0 Å². The quantitative estimate of drug-likeness (QED) is 0.329. The van der Waals surface area contributed by atoms with Crippen LogP contribution in [0.1, 0.15) is 36.9 Å². The average molecular weight is 493 g/mol. The Bertz CT molecular complexity index is 1260. The van der Waals surface area contributed by atoms with E-state index in [-0.39, 0.29) is 18.0 Å². The lowest BCUT2D eigenvalue weighted by molar-refractivity contribution is -0.384. The topological polar surface area (TPSA) is 114 Å². The fourth-order valence-corrected chi connectivity index (χ4v) is 5.00. The summed E-state index contributed by atoms with van der Waals surface area (Å²) in [6.07, 6.45) is 0.529. The molecule has 35 heavy (non-hydrogen) atoms. The minimum atomic E-state index is -0.715. The molecule has 1 amide bonds. The van der Waals surface area contributed by atoms with Gasteiger partial charge in [0.25, 0.3) is 5.69 Å². The highest BCUT2D eigenvalue weighted by Gasteiger charge is 2.41. The first-order valence-electron chi connectivity index (χ1n) is 11.0. The van der Waals surface area contributed by atoms with Crippen molar-refractivity contribution in [3.8, 4) is 0 Å². The van der Waals surface area contributed by atoms with E-state index in [0.717, 1.165) is 5.56 Å². The van der Waals surface area contributed by atoms with Crippen LogP contribution in [-0.4, -0.2) is 34.0 Å². The zero-order chi connectivity index (χ0) is 24.9. The van der Waals surface area contributed by atoms with Crippen LogP contribution >= 0.6 is 11.8 Å². The number of nitrogens with one attached hydrogen (secondary N) is 1. The lowest BCUT2D eigenvalue weighted by Gasteiger charge is -2.36. The minimum absolute atomic E-state index is 0.0557. The van der Waals surface area contributed by atoms with Crippen molar-refractivity contribution in [2.24, 2.45) is 4.99 Å². The van der Waals surface area contributed by atoms with Gasteiger partial charge in [0.2, 0.25) is 5.91 Å². The summed E-state index contributed by atoms with van der Waals surface area (Å²) in [4.78, 5) is 43.1. The van der Waals surface area contributed by atoms with Crippen LogP contribution in [0.25, 0.3) is 0 Å². The Kier molecular flexibility index (Phi) is 7.31.